The molecule has 1 nitrogen and oxygen atoms in total. The minimum atomic E-state index is -4.14. The fourth-order valence-electron chi connectivity index (χ4n) is 1.25. The first-order valence-electron chi connectivity index (χ1n) is 4.47. The van der Waals surface area contributed by atoms with Gasteiger partial charge in [-0.15, -0.1) is 0 Å². The smallest absolute Gasteiger partial charge is 0.324 e. The van der Waals surface area contributed by atoms with Crippen LogP contribution in [0.2, 0.25) is 0 Å². The molecule has 0 fully saturated rings. The van der Waals surface area contributed by atoms with E-state index in [0.29, 0.717) is 5.56 Å². The van der Waals surface area contributed by atoms with Crippen molar-refractivity contribution in [3.63, 3.8) is 0 Å². The van der Waals surface area contributed by atoms with Gasteiger partial charge in [-0.25, -0.2) is 0 Å². The summed E-state index contributed by atoms with van der Waals surface area (Å²) in [7, 11) is 0. The summed E-state index contributed by atoms with van der Waals surface area (Å²) < 4.78 is 36.6. The molecule has 0 saturated heterocycles. The summed E-state index contributed by atoms with van der Waals surface area (Å²) in [5.74, 6) is 0. The normalized spacial score (nSPS) is 13.9. The molecule has 5 heteroatoms. The topological polar surface area (TPSA) is 26.0 Å². The van der Waals surface area contributed by atoms with Crippen LogP contribution in [0, 0.1) is 0 Å². The van der Waals surface area contributed by atoms with Crippen LogP contribution in [0.25, 0.3) is 0 Å². The molecule has 0 saturated carbocycles. The number of rotatable bonds is 3. The van der Waals surface area contributed by atoms with E-state index in [-0.39, 0.29) is 6.42 Å². The lowest BCUT2D eigenvalue weighted by atomic mass is 10.0. The van der Waals surface area contributed by atoms with E-state index in [1.54, 1.807) is 24.3 Å². The SMILES string of the molecule is NC(CCC(F)(F)F)c1ccccc1Br. The van der Waals surface area contributed by atoms with Crippen molar-refractivity contribution in [1.82, 2.24) is 0 Å². The van der Waals surface area contributed by atoms with Crippen molar-refractivity contribution >= 4 is 15.9 Å². The number of hydrogen-bond donors (Lipinski definition) is 1. The molecule has 0 aliphatic rings. The van der Waals surface area contributed by atoms with E-state index in [4.69, 9.17) is 5.73 Å². The highest BCUT2D eigenvalue weighted by atomic mass is 79.9. The van der Waals surface area contributed by atoms with Gasteiger partial charge in [0, 0.05) is 16.9 Å². The number of nitrogens with two attached hydrogens (primary N) is 1. The van der Waals surface area contributed by atoms with E-state index in [2.05, 4.69) is 15.9 Å². The third kappa shape index (κ3) is 4.22. The Balaban J connectivity index is 2.62. The maximum absolute atomic E-state index is 12.0. The maximum atomic E-state index is 12.0. The molecule has 1 unspecified atom stereocenters. The summed E-state index contributed by atoms with van der Waals surface area (Å²) in [5, 5.41) is 0. The lowest BCUT2D eigenvalue weighted by Crippen LogP contribution is -2.16. The molecule has 0 radical (unpaired) electrons. The quantitative estimate of drug-likeness (QED) is 0.896. The van der Waals surface area contributed by atoms with Crippen molar-refractivity contribution in [1.29, 1.82) is 0 Å². The Morgan fingerprint density at radius 3 is 2.40 bits per heavy atom. The minimum Gasteiger partial charge on any atom is -0.324 e. The summed E-state index contributed by atoms with van der Waals surface area (Å²) in [5.41, 5.74) is 6.38. The number of alkyl halides is 3. The molecular weight excluding hydrogens is 271 g/mol. The van der Waals surface area contributed by atoms with Gasteiger partial charge in [-0.2, -0.15) is 13.2 Å². The summed E-state index contributed by atoms with van der Waals surface area (Å²) >= 11 is 3.26. The van der Waals surface area contributed by atoms with Crippen LogP contribution >= 0.6 is 15.9 Å². The van der Waals surface area contributed by atoms with Gasteiger partial charge in [0.25, 0.3) is 0 Å². The van der Waals surface area contributed by atoms with Crippen LogP contribution in [0.5, 0.6) is 0 Å². The molecule has 2 N–H and O–H groups in total. The Labute approximate surface area is 94.6 Å². The molecule has 1 rings (SSSR count). The largest absolute Gasteiger partial charge is 0.389 e. The standard InChI is InChI=1S/C10H11BrF3N/c11-8-4-2-1-3-7(8)9(15)5-6-10(12,13)14/h1-4,9H,5-6,15H2. The predicted octanol–water partition coefficient (Wildman–Crippen LogP) is 3.79. The average molecular weight is 282 g/mol. The fraction of sp³-hybridized carbons (Fsp3) is 0.400. The zero-order valence-corrected chi connectivity index (χ0v) is 9.48. The second kappa shape index (κ2) is 4.99. The minimum absolute atomic E-state index is 0.0912. The van der Waals surface area contributed by atoms with Crippen LogP contribution < -0.4 is 5.73 Å². The molecule has 0 aromatic heterocycles. The molecule has 0 bridgehead atoms. The zero-order chi connectivity index (χ0) is 11.5. The van der Waals surface area contributed by atoms with Gasteiger partial charge in [0.1, 0.15) is 0 Å². The van der Waals surface area contributed by atoms with Gasteiger partial charge >= 0.3 is 6.18 Å². The molecule has 84 valence electrons. The Kier molecular flexibility index (Phi) is 4.16. The van der Waals surface area contributed by atoms with Crippen LogP contribution in [0.15, 0.2) is 28.7 Å². The van der Waals surface area contributed by atoms with Crippen LogP contribution in [0.3, 0.4) is 0 Å². The third-order valence-corrected chi connectivity index (χ3v) is 2.77. The highest BCUT2D eigenvalue weighted by Gasteiger charge is 2.28. The van der Waals surface area contributed by atoms with Crippen molar-refractivity contribution in [2.24, 2.45) is 5.73 Å². The van der Waals surface area contributed by atoms with Gasteiger partial charge in [-0.3, -0.25) is 0 Å². The first-order chi connectivity index (χ1) is 6.90. The molecular formula is C10H11BrF3N. The van der Waals surface area contributed by atoms with Gasteiger partial charge in [-0.05, 0) is 18.1 Å². The Bertz CT molecular complexity index is 325. The molecule has 0 aliphatic heterocycles. The van der Waals surface area contributed by atoms with Gasteiger partial charge in [0.05, 0.1) is 0 Å². The van der Waals surface area contributed by atoms with E-state index < -0.39 is 18.6 Å². The Hall–Kier alpha value is -0.550. The van der Waals surface area contributed by atoms with Crippen molar-refractivity contribution < 1.29 is 13.2 Å². The summed E-state index contributed by atoms with van der Waals surface area (Å²) in [6.45, 7) is 0. The molecule has 0 spiro atoms. The van der Waals surface area contributed by atoms with Crippen LogP contribution in [-0.2, 0) is 0 Å². The predicted molar refractivity (Wildman–Crippen MR) is 56.4 cm³/mol. The average Bonchev–Trinajstić information content (AvgIpc) is 2.14. The van der Waals surface area contributed by atoms with E-state index in [1.807, 2.05) is 0 Å². The maximum Gasteiger partial charge on any atom is 0.389 e. The van der Waals surface area contributed by atoms with Crippen molar-refractivity contribution in [3.8, 4) is 0 Å². The second-order valence-electron chi connectivity index (χ2n) is 3.28. The highest BCUT2D eigenvalue weighted by molar-refractivity contribution is 9.10. The second-order valence-corrected chi connectivity index (χ2v) is 4.14. The van der Waals surface area contributed by atoms with Gasteiger partial charge in [-0.1, -0.05) is 34.1 Å². The first-order valence-corrected chi connectivity index (χ1v) is 5.26. The van der Waals surface area contributed by atoms with Crippen LogP contribution in [-0.4, -0.2) is 6.18 Å². The van der Waals surface area contributed by atoms with Gasteiger partial charge in [0.15, 0.2) is 0 Å². The highest BCUT2D eigenvalue weighted by Crippen LogP contribution is 2.29. The zero-order valence-electron chi connectivity index (χ0n) is 7.89. The van der Waals surface area contributed by atoms with Gasteiger partial charge < -0.3 is 5.73 Å². The molecule has 0 heterocycles. The van der Waals surface area contributed by atoms with E-state index in [1.165, 1.54) is 0 Å². The van der Waals surface area contributed by atoms with E-state index in [0.717, 1.165) is 4.47 Å². The lowest BCUT2D eigenvalue weighted by molar-refractivity contribution is -0.136. The molecule has 0 amide bonds. The molecule has 0 aliphatic carbocycles. The van der Waals surface area contributed by atoms with Crippen molar-refractivity contribution in [3.05, 3.63) is 34.3 Å². The molecule has 1 aromatic carbocycles. The Morgan fingerprint density at radius 2 is 1.87 bits per heavy atom. The number of hydrogen-bond acceptors (Lipinski definition) is 1. The van der Waals surface area contributed by atoms with E-state index >= 15 is 0 Å². The molecule has 15 heavy (non-hydrogen) atoms. The van der Waals surface area contributed by atoms with Gasteiger partial charge in [0.2, 0.25) is 0 Å². The van der Waals surface area contributed by atoms with E-state index in [9.17, 15) is 13.2 Å². The van der Waals surface area contributed by atoms with Crippen molar-refractivity contribution in [2.45, 2.75) is 25.1 Å². The first kappa shape index (κ1) is 12.5. The molecule has 1 aromatic rings. The molecule has 1 atom stereocenters. The lowest BCUT2D eigenvalue weighted by Gasteiger charge is -2.14. The van der Waals surface area contributed by atoms with Crippen molar-refractivity contribution in [2.75, 3.05) is 0 Å². The third-order valence-electron chi connectivity index (χ3n) is 2.04. The summed E-state index contributed by atoms with van der Waals surface area (Å²) in [6, 6.07) is 6.47. The number of halogens is 4. The van der Waals surface area contributed by atoms with Crippen LogP contribution in [0.4, 0.5) is 13.2 Å². The Morgan fingerprint density at radius 1 is 1.27 bits per heavy atom. The summed E-state index contributed by atoms with van der Waals surface area (Å²) in [4.78, 5) is 0. The monoisotopic (exact) mass is 281 g/mol. The number of benzene rings is 1. The fourth-order valence-corrected chi connectivity index (χ4v) is 1.83. The van der Waals surface area contributed by atoms with Crippen LogP contribution in [0.1, 0.15) is 24.4 Å². The summed E-state index contributed by atoms with van der Waals surface area (Å²) in [6.07, 6.45) is -5.08.